The van der Waals surface area contributed by atoms with Crippen LogP contribution in [0.2, 0.25) is 5.02 Å². The molecule has 0 aromatic heterocycles. The second-order valence-electron chi connectivity index (χ2n) is 4.39. The van der Waals surface area contributed by atoms with E-state index in [-0.39, 0.29) is 24.5 Å². The zero-order chi connectivity index (χ0) is 14.5. The van der Waals surface area contributed by atoms with E-state index in [1.165, 1.54) is 12.1 Å². The van der Waals surface area contributed by atoms with Gasteiger partial charge in [-0.2, -0.15) is 0 Å². The standard InChI is InChI=1S/C15H14ClF2NO/c16-13-2-1-3-15(18)12(13)8-19-7-10-4-5-14(17)11(6-10)9-20/h1-6,19-20H,7-9H2. The first-order valence-corrected chi connectivity index (χ1v) is 6.51. The minimum atomic E-state index is -0.437. The summed E-state index contributed by atoms with van der Waals surface area (Å²) >= 11 is 5.92. The van der Waals surface area contributed by atoms with Crippen LogP contribution in [0.25, 0.3) is 0 Å². The Morgan fingerprint density at radius 1 is 1.05 bits per heavy atom. The molecule has 0 amide bonds. The number of rotatable bonds is 5. The fraction of sp³-hybridized carbons (Fsp3) is 0.200. The van der Waals surface area contributed by atoms with Crippen LogP contribution in [0, 0.1) is 11.6 Å². The highest BCUT2D eigenvalue weighted by molar-refractivity contribution is 6.31. The van der Waals surface area contributed by atoms with Crippen molar-refractivity contribution in [3.05, 3.63) is 69.7 Å². The maximum atomic E-state index is 13.5. The third-order valence-corrected chi connectivity index (χ3v) is 3.33. The van der Waals surface area contributed by atoms with Crippen molar-refractivity contribution in [2.24, 2.45) is 0 Å². The lowest BCUT2D eigenvalue weighted by atomic mass is 10.1. The normalized spacial score (nSPS) is 10.8. The van der Waals surface area contributed by atoms with Crippen molar-refractivity contribution >= 4 is 11.6 Å². The molecule has 106 valence electrons. The highest BCUT2D eigenvalue weighted by atomic mass is 35.5. The van der Waals surface area contributed by atoms with Gasteiger partial charge in [0.05, 0.1) is 6.61 Å². The van der Waals surface area contributed by atoms with E-state index in [1.54, 1.807) is 24.3 Å². The Bertz CT molecular complexity index is 584. The van der Waals surface area contributed by atoms with E-state index in [0.29, 0.717) is 17.1 Å². The minimum Gasteiger partial charge on any atom is -0.392 e. The van der Waals surface area contributed by atoms with Crippen LogP contribution in [0.4, 0.5) is 8.78 Å². The summed E-state index contributed by atoms with van der Waals surface area (Å²) < 4.78 is 26.8. The molecule has 0 unspecified atom stereocenters. The maximum absolute atomic E-state index is 13.5. The van der Waals surface area contributed by atoms with Crippen molar-refractivity contribution in [1.29, 1.82) is 0 Å². The Labute approximate surface area is 121 Å². The average Bonchev–Trinajstić information content (AvgIpc) is 2.44. The monoisotopic (exact) mass is 297 g/mol. The lowest BCUT2D eigenvalue weighted by molar-refractivity contribution is 0.275. The van der Waals surface area contributed by atoms with Crippen LogP contribution in [0.3, 0.4) is 0 Å². The van der Waals surface area contributed by atoms with Gasteiger partial charge in [0.15, 0.2) is 0 Å². The van der Waals surface area contributed by atoms with Crippen LogP contribution in [-0.2, 0) is 19.7 Å². The zero-order valence-corrected chi connectivity index (χ0v) is 11.4. The molecule has 0 heterocycles. The summed E-state index contributed by atoms with van der Waals surface area (Å²) in [4.78, 5) is 0. The predicted molar refractivity (Wildman–Crippen MR) is 74.3 cm³/mol. The van der Waals surface area contributed by atoms with Crippen molar-refractivity contribution in [2.45, 2.75) is 19.7 Å². The van der Waals surface area contributed by atoms with Crippen molar-refractivity contribution in [2.75, 3.05) is 0 Å². The molecule has 0 aliphatic heterocycles. The Morgan fingerprint density at radius 3 is 2.55 bits per heavy atom. The van der Waals surface area contributed by atoms with E-state index in [2.05, 4.69) is 5.32 Å². The van der Waals surface area contributed by atoms with E-state index in [1.807, 2.05) is 0 Å². The third-order valence-electron chi connectivity index (χ3n) is 2.97. The van der Waals surface area contributed by atoms with Crippen molar-refractivity contribution in [3.8, 4) is 0 Å². The lowest BCUT2D eigenvalue weighted by Gasteiger charge is -2.09. The van der Waals surface area contributed by atoms with Crippen LogP contribution in [0.1, 0.15) is 16.7 Å². The van der Waals surface area contributed by atoms with Crippen LogP contribution in [-0.4, -0.2) is 5.11 Å². The maximum Gasteiger partial charge on any atom is 0.129 e. The van der Waals surface area contributed by atoms with Gasteiger partial charge in [-0.3, -0.25) is 0 Å². The number of nitrogens with one attached hydrogen (secondary N) is 1. The molecule has 2 aromatic rings. The van der Waals surface area contributed by atoms with Gasteiger partial charge in [0.25, 0.3) is 0 Å². The fourth-order valence-electron chi connectivity index (χ4n) is 1.89. The SMILES string of the molecule is OCc1cc(CNCc2c(F)cccc2Cl)ccc1F. The molecule has 2 N–H and O–H groups in total. The van der Waals surface area contributed by atoms with E-state index in [0.717, 1.165) is 5.56 Å². The van der Waals surface area contributed by atoms with Crippen molar-refractivity contribution in [3.63, 3.8) is 0 Å². The highest BCUT2D eigenvalue weighted by Gasteiger charge is 2.07. The van der Waals surface area contributed by atoms with Gasteiger partial charge in [0, 0.05) is 29.2 Å². The van der Waals surface area contributed by atoms with Crippen molar-refractivity contribution < 1.29 is 13.9 Å². The van der Waals surface area contributed by atoms with E-state index >= 15 is 0 Å². The molecule has 0 aliphatic rings. The van der Waals surface area contributed by atoms with E-state index < -0.39 is 5.82 Å². The smallest absolute Gasteiger partial charge is 0.129 e. The molecule has 20 heavy (non-hydrogen) atoms. The predicted octanol–water partition coefficient (Wildman–Crippen LogP) is 3.40. The van der Waals surface area contributed by atoms with Crippen molar-refractivity contribution in [1.82, 2.24) is 5.32 Å². The summed E-state index contributed by atoms with van der Waals surface area (Å²) in [7, 11) is 0. The molecule has 0 atom stereocenters. The molecule has 0 radical (unpaired) electrons. The van der Waals surface area contributed by atoms with Gasteiger partial charge in [0.1, 0.15) is 11.6 Å². The van der Waals surface area contributed by atoms with Gasteiger partial charge in [-0.1, -0.05) is 23.7 Å². The largest absolute Gasteiger partial charge is 0.392 e. The van der Waals surface area contributed by atoms with Gasteiger partial charge in [-0.25, -0.2) is 8.78 Å². The Balaban J connectivity index is 1.99. The van der Waals surface area contributed by atoms with E-state index in [9.17, 15) is 8.78 Å². The van der Waals surface area contributed by atoms with Gasteiger partial charge in [-0.05, 0) is 29.8 Å². The molecule has 2 rings (SSSR count). The molecule has 0 aliphatic carbocycles. The summed E-state index contributed by atoms with van der Waals surface area (Å²) in [6, 6.07) is 9.02. The van der Waals surface area contributed by atoms with Gasteiger partial charge in [0.2, 0.25) is 0 Å². The van der Waals surface area contributed by atoms with Crippen LogP contribution in [0.5, 0.6) is 0 Å². The molecular weight excluding hydrogens is 284 g/mol. The number of halogens is 3. The molecule has 0 saturated heterocycles. The number of aliphatic hydroxyl groups is 1. The number of aliphatic hydroxyl groups excluding tert-OH is 1. The second-order valence-corrected chi connectivity index (χ2v) is 4.79. The summed E-state index contributed by atoms with van der Waals surface area (Å²) in [5.74, 6) is -0.798. The van der Waals surface area contributed by atoms with Crippen LogP contribution >= 0.6 is 11.6 Å². The fourth-order valence-corrected chi connectivity index (χ4v) is 2.12. The molecule has 0 spiro atoms. The summed E-state index contributed by atoms with van der Waals surface area (Å²) in [5.41, 5.74) is 1.45. The molecule has 0 saturated carbocycles. The first kappa shape index (κ1) is 14.9. The first-order valence-electron chi connectivity index (χ1n) is 6.13. The molecular formula is C15H14ClF2NO. The lowest BCUT2D eigenvalue weighted by Crippen LogP contribution is -2.14. The third kappa shape index (κ3) is 3.54. The quantitative estimate of drug-likeness (QED) is 0.886. The molecule has 5 heteroatoms. The topological polar surface area (TPSA) is 32.3 Å². The molecule has 0 fully saturated rings. The molecule has 0 bridgehead atoms. The van der Waals surface area contributed by atoms with Gasteiger partial charge < -0.3 is 10.4 Å². The Hall–Kier alpha value is -1.49. The first-order chi connectivity index (χ1) is 9.61. The van der Waals surface area contributed by atoms with Gasteiger partial charge in [-0.15, -0.1) is 0 Å². The number of benzene rings is 2. The molecule has 2 nitrogen and oxygen atoms in total. The molecule has 2 aromatic carbocycles. The average molecular weight is 298 g/mol. The summed E-state index contributed by atoms with van der Waals surface area (Å²) in [6.45, 7) is 0.355. The zero-order valence-electron chi connectivity index (χ0n) is 10.7. The van der Waals surface area contributed by atoms with E-state index in [4.69, 9.17) is 16.7 Å². The Kier molecular flexibility index (Phi) is 5.06. The number of hydrogen-bond acceptors (Lipinski definition) is 2. The minimum absolute atomic E-state index is 0.244. The second kappa shape index (κ2) is 6.79. The van der Waals surface area contributed by atoms with Crippen LogP contribution < -0.4 is 5.32 Å². The van der Waals surface area contributed by atoms with Gasteiger partial charge >= 0.3 is 0 Å². The highest BCUT2D eigenvalue weighted by Crippen LogP contribution is 2.18. The summed E-state index contributed by atoms with van der Waals surface area (Å²) in [5, 5.41) is 12.4. The number of hydrogen-bond donors (Lipinski definition) is 2. The van der Waals surface area contributed by atoms with Crippen LogP contribution in [0.15, 0.2) is 36.4 Å². The summed E-state index contributed by atoms with van der Waals surface area (Å²) in [6.07, 6.45) is 0. The Morgan fingerprint density at radius 2 is 1.85 bits per heavy atom.